The van der Waals surface area contributed by atoms with E-state index in [0.29, 0.717) is 40.8 Å². The van der Waals surface area contributed by atoms with E-state index in [-0.39, 0.29) is 11.3 Å². The topological polar surface area (TPSA) is 76.1 Å². The molecule has 1 saturated heterocycles. The Morgan fingerprint density at radius 2 is 1.57 bits per heavy atom. The average Bonchev–Trinajstić information content (AvgIpc) is 3.13. The number of methoxy groups -OCH3 is 1. The standard InChI is InChI=1S/C29H29NO5/c1-18(2)17-35-23-15-11-21(12-16-23)27(31)25-26(20-9-13-22(34-4)14-10-20)30(29(33)28(25)32)24-8-6-5-7-19(24)3/h5-16,18,26,31H,17H2,1-4H3/b27-25+. The molecule has 4 rings (SSSR count). The van der Waals surface area contributed by atoms with E-state index < -0.39 is 17.7 Å². The number of ketones is 1. The highest BCUT2D eigenvalue weighted by atomic mass is 16.5. The molecule has 0 saturated carbocycles. The summed E-state index contributed by atoms with van der Waals surface area (Å²) in [6.45, 7) is 6.58. The van der Waals surface area contributed by atoms with Crippen LogP contribution in [0.1, 0.15) is 36.6 Å². The Kier molecular flexibility index (Phi) is 6.92. The highest BCUT2D eigenvalue weighted by molar-refractivity contribution is 6.51. The molecule has 0 aromatic heterocycles. The number of aliphatic hydroxyl groups excluding tert-OH is 1. The molecule has 0 bridgehead atoms. The van der Waals surface area contributed by atoms with Crippen molar-refractivity contribution in [3.05, 3.63) is 95.1 Å². The molecule has 1 heterocycles. The molecule has 1 N–H and O–H groups in total. The second-order valence-electron chi connectivity index (χ2n) is 8.96. The first-order chi connectivity index (χ1) is 16.8. The molecule has 1 aliphatic heterocycles. The summed E-state index contributed by atoms with van der Waals surface area (Å²) in [5.41, 5.74) is 2.63. The lowest BCUT2D eigenvalue weighted by atomic mass is 9.95. The first kappa shape index (κ1) is 24.1. The summed E-state index contributed by atoms with van der Waals surface area (Å²) in [7, 11) is 1.57. The highest BCUT2D eigenvalue weighted by Crippen LogP contribution is 2.43. The lowest BCUT2D eigenvalue weighted by Crippen LogP contribution is -2.30. The Balaban J connectivity index is 1.83. The van der Waals surface area contributed by atoms with Gasteiger partial charge in [0.2, 0.25) is 0 Å². The van der Waals surface area contributed by atoms with Crippen molar-refractivity contribution in [1.29, 1.82) is 0 Å². The molecule has 1 amide bonds. The zero-order chi connectivity index (χ0) is 25.1. The number of amides is 1. The number of hydrogen-bond donors (Lipinski definition) is 1. The number of Topliss-reactive ketones (excluding diaryl/α,β-unsaturated/α-hetero) is 1. The number of benzene rings is 3. The van der Waals surface area contributed by atoms with Crippen LogP contribution in [0.25, 0.3) is 5.76 Å². The van der Waals surface area contributed by atoms with Crippen LogP contribution in [0.15, 0.2) is 78.4 Å². The summed E-state index contributed by atoms with van der Waals surface area (Å²) in [5, 5.41) is 11.3. The van der Waals surface area contributed by atoms with Crippen LogP contribution in [0.3, 0.4) is 0 Å². The van der Waals surface area contributed by atoms with Gasteiger partial charge in [-0.25, -0.2) is 0 Å². The van der Waals surface area contributed by atoms with Crippen molar-refractivity contribution in [1.82, 2.24) is 0 Å². The smallest absolute Gasteiger partial charge is 0.300 e. The molecule has 0 spiro atoms. The van der Waals surface area contributed by atoms with Gasteiger partial charge in [0.15, 0.2) is 0 Å². The second-order valence-corrected chi connectivity index (χ2v) is 8.96. The normalized spacial score (nSPS) is 17.2. The van der Waals surface area contributed by atoms with Gasteiger partial charge in [-0.05, 0) is 66.4 Å². The van der Waals surface area contributed by atoms with Crippen LogP contribution in [0, 0.1) is 12.8 Å². The predicted molar refractivity (Wildman–Crippen MR) is 136 cm³/mol. The second kappa shape index (κ2) is 10.1. The number of anilines is 1. The van der Waals surface area contributed by atoms with Crippen molar-refractivity contribution in [3.63, 3.8) is 0 Å². The van der Waals surface area contributed by atoms with Gasteiger partial charge in [0.25, 0.3) is 11.7 Å². The minimum atomic E-state index is -0.793. The van der Waals surface area contributed by atoms with Gasteiger partial charge in [0, 0.05) is 11.3 Å². The van der Waals surface area contributed by atoms with Crippen LogP contribution in [0.4, 0.5) is 5.69 Å². The largest absolute Gasteiger partial charge is 0.507 e. The molecule has 3 aromatic carbocycles. The number of rotatable bonds is 7. The van der Waals surface area contributed by atoms with E-state index in [4.69, 9.17) is 9.47 Å². The molecule has 0 radical (unpaired) electrons. The number of nitrogens with zero attached hydrogens (tertiary/aromatic N) is 1. The molecule has 1 fully saturated rings. The number of ether oxygens (including phenoxy) is 2. The fraction of sp³-hybridized carbons (Fsp3) is 0.241. The van der Waals surface area contributed by atoms with E-state index in [2.05, 4.69) is 13.8 Å². The van der Waals surface area contributed by atoms with Crippen LogP contribution < -0.4 is 14.4 Å². The predicted octanol–water partition coefficient (Wildman–Crippen LogP) is 5.66. The number of carbonyl (C=O) groups is 2. The van der Waals surface area contributed by atoms with Gasteiger partial charge >= 0.3 is 0 Å². The molecule has 0 aliphatic carbocycles. The lowest BCUT2D eigenvalue weighted by Gasteiger charge is -2.27. The molecule has 1 atom stereocenters. The average molecular weight is 472 g/mol. The summed E-state index contributed by atoms with van der Waals surface area (Å²) in [4.78, 5) is 28.1. The van der Waals surface area contributed by atoms with Gasteiger partial charge < -0.3 is 14.6 Å². The Bertz CT molecular complexity index is 1260. The molecule has 1 unspecified atom stereocenters. The van der Waals surface area contributed by atoms with Crippen molar-refractivity contribution in [2.75, 3.05) is 18.6 Å². The third-order valence-corrected chi connectivity index (χ3v) is 5.96. The summed E-state index contributed by atoms with van der Waals surface area (Å²) in [6.07, 6.45) is 0. The van der Waals surface area contributed by atoms with E-state index in [1.807, 2.05) is 25.1 Å². The first-order valence-corrected chi connectivity index (χ1v) is 11.6. The minimum Gasteiger partial charge on any atom is -0.507 e. The first-order valence-electron chi connectivity index (χ1n) is 11.6. The SMILES string of the molecule is COc1ccc(C2/C(=C(\O)c3ccc(OCC(C)C)cc3)C(=O)C(=O)N2c2ccccc2C)cc1. The summed E-state index contributed by atoms with van der Waals surface area (Å²) in [5.74, 6) is 0.0619. The van der Waals surface area contributed by atoms with Gasteiger partial charge in [-0.1, -0.05) is 44.2 Å². The Morgan fingerprint density at radius 1 is 0.943 bits per heavy atom. The molecular weight excluding hydrogens is 442 g/mol. The Morgan fingerprint density at radius 3 is 2.17 bits per heavy atom. The maximum Gasteiger partial charge on any atom is 0.300 e. The van der Waals surface area contributed by atoms with Crippen LogP contribution in [0.2, 0.25) is 0 Å². The number of aryl methyl sites for hydroxylation is 1. The molecule has 6 heteroatoms. The van der Waals surface area contributed by atoms with E-state index in [1.165, 1.54) is 4.90 Å². The Labute approximate surface area is 205 Å². The van der Waals surface area contributed by atoms with Crippen molar-refractivity contribution in [2.24, 2.45) is 5.92 Å². The zero-order valence-corrected chi connectivity index (χ0v) is 20.3. The molecule has 1 aliphatic rings. The molecule has 3 aromatic rings. The molecule has 180 valence electrons. The summed E-state index contributed by atoms with van der Waals surface area (Å²) >= 11 is 0. The van der Waals surface area contributed by atoms with Crippen molar-refractivity contribution < 1.29 is 24.2 Å². The summed E-state index contributed by atoms with van der Waals surface area (Å²) in [6, 6.07) is 20.6. The third-order valence-electron chi connectivity index (χ3n) is 5.96. The quantitative estimate of drug-likeness (QED) is 0.273. The Hall–Kier alpha value is -4.06. The van der Waals surface area contributed by atoms with Crippen molar-refractivity contribution in [2.45, 2.75) is 26.8 Å². The van der Waals surface area contributed by atoms with Gasteiger partial charge in [-0.3, -0.25) is 14.5 Å². The monoisotopic (exact) mass is 471 g/mol. The highest BCUT2D eigenvalue weighted by Gasteiger charge is 2.47. The van der Waals surface area contributed by atoms with E-state index in [9.17, 15) is 14.7 Å². The van der Waals surface area contributed by atoms with Crippen LogP contribution >= 0.6 is 0 Å². The number of hydrogen-bond acceptors (Lipinski definition) is 5. The number of carbonyl (C=O) groups excluding carboxylic acids is 2. The third kappa shape index (κ3) is 4.78. The fourth-order valence-electron chi connectivity index (χ4n) is 4.14. The van der Waals surface area contributed by atoms with Crippen LogP contribution in [-0.4, -0.2) is 30.5 Å². The van der Waals surface area contributed by atoms with Crippen LogP contribution in [0.5, 0.6) is 11.5 Å². The molecular formula is C29H29NO5. The van der Waals surface area contributed by atoms with Crippen molar-refractivity contribution in [3.8, 4) is 11.5 Å². The zero-order valence-electron chi connectivity index (χ0n) is 20.3. The van der Waals surface area contributed by atoms with Gasteiger partial charge in [0.1, 0.15) is 17.3 Å². The molecule has 6 nitrogen and oxygen atoms in total. The maximum absolute atomic E-state index is 13.3. The van der Waals surface area contributed by atoms with Gasteiger partial charge in [-0.15, -0.1) is 0 Å². The van der Waals surface area contributed by atoms with E-state index in [0.717, 1.165) is 5.56 Å². The molecule has 35 heavy (non-hydrogen) atoms. The lowest BCUT2D eigenvalue weighted by molar-refractivity contribution is -0.132. The summed E-state index contributed by atoms with van der Waals surface area (Å²) < 4.78 is 11.0. The van der Waals surface area contributed by atoms with Crippen LogP contribution in [-0.2, 0) is 9.59 Å². The number of para-hydroxylation sites is 1. The maximum atomic E-state index is 13.3. The van der Waals surface area contributed by atoms with Crippen molar-refractivity contribution >= 4 is 23.1 Å². The van der Waals surface area contributed by atoms with Gasteiger partial charge in [-0.2, -0.15) is 0 Å². The van der Waals surface area contributed by atoms with E-state index >= 15 is 0 Å². The van der Waals surface area contributed by atoms with E-state index in [1.54, 1.807) is 61.7 Å². The van der Waals surface area contributed by atoms with Gasteiger partial charge in [0.05, 0.1) is 25.3 Å². The number of aliphatic hydroxyl groups is 1. The minimum absolute atomic E-state index is 0.0410. The fourth-order valence-corrected chi connectivity index (χ4v) is 4.14.